The maximum Gasteiger partial charge on any atom is 0.345 e. The van der Waals surface area contributed by atoms with Crippen molar-refractivity contribution < 1.29 is 19.1 Å². The first-order chi connectivity index (χ1) is 18.9. The fourth-order valence-electron chi connectivity index (χ4n) is 4.31. The molecule has 0 radical (unpaired) electrons. The Hall–Kier alpha value is -4.27. The molecule has 3 aromatic carbocycles. The number of nitrogens with zero attached hydrogens (tertiary/aromatic N) is 2. The van der Waals surface area contributed by atoms with Crippen molar-refractivity contribution in [2.24, 2.45) is 4.99 Å². The molecule has 4 aromatic rings. The minimum Gasteiger partial charge on any atom is -0.463 e. The zero-order valence-electron chi connectivity index (χ0n) is 21.1. The second-order valence-electron chi connectivity index (χ2n) is 8.65. The second-order valence-corrected chi connectivity index (χ2v) is 10.1. The van der Waals surface area contributed by atoms with Crippen LogP contribution in [-0.2, 0) is 9.53 Å². The zero-order chi connectivity index (χ0) is 27.5. The van der Waals surface area contributed by atoms with E-state index >= 15 is 0 Å². The molecule has 0 fully saturated rings. The van der Waals surface area contributed by atoms with E-state index in [-0.39, 0.29) is 17.7 Å². The Bertz CT molecular complexity index is 1770. The summed E-state index contributed by atoms with van der Waals surface area (Å²) in [4.78, 5) is 44.1. The average molecular weight is 559 g/mol. The van der Waals surface area contributed by atoms with Gasteiger partial charge in [0.25, 0.3) is 5.56 Å². The van der Waals surface area contributed by atoms with Gasteiger partial charge in [0.15, 0.2) is 4.80 Å². The monoisotopic (exact) mass is 558 g/mol. The van der Waals surface area contributed by atoms with Crippen LogP contribution in [0.4, 0.5) is 0 Å². The highest BCUT2D eigenvalue weighted by Crippen LogP contribution is 2.30. The van der Waals surface area contributed by atoms with Gasteiger partial charge in [0.1, 0.15) is 5.75 Å². The number of halogens is 1. The van der Waals surface area contributed by atoms with Crippen molar-refractivity contribution in [1.29, 1.82) is 0 Å². The summed E-state index contributed by atoms with van der Waals surface area (Å²) in [7, 11) is 0. The van der Waals surface area contributed by atoms with E-state index in [1.165, 1.54) is 11.3 Å². The van der Waals surface area contributed by atoms with Crippen molar-refractivity contribution in [3.63, 3.8) is 0 Å². The van der Waals surface area contributed by atoms with E-state index in [2.05, 4.69) is 4.99 Å². The van der Waals surface area contributed by atoms with Gasteiger partial charge >= 0.3 is 11.9 Å². The van der Waals surface area contributed by atoms with E-state index in [9.17, 15) is 14.4 Å². The van der Waals surface area contributed by atoms with E-state index < -0.39 is 18.0 Å². The molecule has 1 aliphatic heterocycles. The molecule has 196 valence electrons. The number of ether oxygens (including phenoxy) is 2. The van der Waals surface area contributed by atoms with Gasteiger partial charge in [0.2, 0.25) is 0 Å². The third-order valence-corrected chi connectivity index (χ3v) is 7.43. The van der Waals surface area contributed by atoms with Crippen LogP contribution in [0.25, 0.3) is 6.08 Å². The number of thiazole rings is 1. The summed E-state index contributed by atoms with van der Waals surface area (Å²) in [5, 5.41) is 0.310. The maximum atomic E-state index is 13.7. The molecule has 39 heavy (non-hydrogen) atoms. The third kappa shape index (κ3) is 5.34. The first-order valence-corrected chi connectivity index (χ1v) is 13.4. The van der Waals surface area contributed by atoms with Gasteiger partial charge in [-0.2, -0.15) is 0 Å². The molecule has 0 spiro atoms. The molecule has 0 saturated heterocycles. The Labute approximate surface area is 232 Å². The van der Waals surface area contributed by atoms with Gasteiger partial charge in [-0.1, -0.05) is 77.5 Å². The number of esters is 2. The maximum absolute atomic E-state index is 13.7. The highest BCUT2D eigenvalue weighted by atomic mass is 35.5. The van der Waals surface area contributed by atoms with E-state index in [1.807, 2.05) is 30.3 Å². The molecule has 1 aliphatic rings. The van der Waals surface area contributed by atoms with Gasteiger partial charge in [0.05, 0.1) is 39.0 Å². The van der Waals surface area contributed by atoms with E-state index in [1.54, 1.807) is 73.0 Å². The molecule has 0 unspecified atom stereocenters. The Morgan fingerprint density at radius 3 is 2.38 bits per heavy atom. The minimum absolute atomic E-state index is 0.214. The number of carbonyl (C=O) groups excluding carboxylic acids is 2. The van der Waals surface area contributed by atoms with Gasteiger partial charge in [-0.3, -0.25) is 9.36 Å². The lowest BCUT2D eigenvalue weighted by molar-refractivity contribution is -0.139. The molecule has 0 aliphatic carbocycles. The van der Waals surface area contributed by atoms with Crippen molar-refractivity contribution in [1.82, 2.24) is 4.57 Å². The first kappa shape index (κ1) is 26.3. The predicted molar refractivity (Wildman–Crippen MR) is 150 cm³/mol. The highest BCUT2D eigenvalue weighted by molar-refractivity contribution is 7.07. The first-order valence-electron chi connectivity index (χ1n) is 12.2. The number of allylic oxidation sites excluding steroid dienone is 1. The fraction of sp³-hybridized carbons (Fsp3) is 0.133. The number of fused-ring (bicyclic) bond motifs is 1. The number of hydrogen-bond donors (Lipinski definition) is 0. The quantitative estimate of drug-likeness (QED) is 0.253. The number of hydrogen-bond acceptors (Lipinski definition) is 7. The molecule has 2 heterocycles. The Kier molecular flexibility index (Phi) is 7.58. The molecular formula is C30H23ClN2O5S. The minimum atomic E-state index is -0.657. The Morgan fingerprint density at radius 1 is 1.00 bits per heavy atom. The lowest BCUT2D eigenvalue weighted by atomic mass is 9.96. The molecule has 9 heteroatoms. The number of carbonyl (C=O) groups is 2. The molecule has 5 rings (SSSR count). The average Bonchev–Trinajstić information content (AvgIpc) is 3.23. The number of benzene rings is 3. The van der Waals surface area contributed by atoms with Crippen molar-refractivity contribution in [3.8, 4) is 5.75 Å². The molecule has 0 amide bonds. The van der Waals surface area contributed by atoms with E-state index in [0.29, 0.717) is 31.4 Å². The topological polar surface area (TPSA) is 87.0 Å². The van der Waals surface area contributed by atoms with Crippen LogP contribution in [0.5, 0.6) is 5.75 Å². The largest absolute Gasteiger partial charge is 0.463 e. The molecule has 0 N–H and O–H groups in total. The lowest BCUT2D eigenvalue weighted by Crippen LogP contribution is -2.39. The summed E-state index contributed by atoms with van der Waals surface area (Å²) in [5.41, 5.74) is 2.37. The van der Waals surface area contributed by atoms with Crippen LogP contribution in [0.2, 0.25) is 5.02 Å². The van der Waals surface area contributed by atoms with E-state index in [0.717, 1.165) is 11.1 Å². The predicted octanol–water partition coefficient (Wildman–Crippen LogP) is 4.67. The summed E-state index contributed by atoms with van der Waals surface area (Å²) in [5.74, 6) is -0.712. The van der Waals surface area contributed by atoms with Crippen LogP contribution in [0.3, 0.4) is 0 Å². The van der Waals surface area contributed by atoms with Gasteiger partial charge in [-0.05, 0) is 55.3 Å². The van der Waals surface area contributed by atoms with Gasteiger partial charge in [0, 0.05) is 0 Å². The molecule has 7 nitrogen and oxygen atoms in total. The molecule has 0 saturated carbocycles. The van der Waals surface area contributed by atoms with Crippen molar-refractivity contribution in [2.75, 3.05) is 6.61 Å². The second kappa shape index (κ2) is 11.2. The van der Waals surface area contributed by atoms with Crippen LogP contribution in [-0.4, -0.2) is 23.1 Å². The Morgan fingerprint density at radius 2 is 1.69 bits per heavy atom. The van der Waals surface area contributed by atoms with Gasteiger partial charge in [-0.25, -0.2) is 14.6 Å². The third-order valence-electron chi connectivity index (χ3n) is 6.11. The zero-order valence-corrected chi connectivity index (χ0v) is 22.7. The van der Waals surface area contributed by atoms with Crippen molar-refractivity contribution in [2.45, 2.75) is 19.9 Å². The molecule has 1 atom stereocenters. The van der Waals surface area contributed by atoms with Gasteiger partial charge < -0.3 is 9.47 Å². The van der Waals surface area contributed by atoms with Crippen molar-refractivity contribution in [3.05, 3.63) is 132 Å². The van der Waals surface area contributed by atoms with Crippen molar-refractivity contribution >= 4 is 41.0 Å². The number of rotatable bonds is 6. The normalized spacial score (nSPS) is 14.9. The Balaban J connectivity index is 1.50. The molecular weight excluding hydrogens is 536 g/mol. The molecule has 1 aromatic heterocycles. The summed E-state index contributed by atoms with van der Waals surface area (Å²) in [6, 6.07) is 22.2. The van der Waals surface area contributed by atoms with E-state index in [4.69, 9.17) is 21.1 Å². The van der Waals surface area contributed by atoms with Crippen LogP contribution in [0.1, 0.15) is 41.4 Å². The van der Waals surface area contributed by atoms with Gasteiger partial charge in [-0.15, -0.1) is 0 Å². The van der Waals surface area contributed by atoms with Crippen LogP contribution in [0.15, 0.2) is 99.9 Å². The fourth-order valence-corrected chi connectivity index (χ4v) is 5.57. The number of aromatic nitrogens is 1. The lowest BCUT2D eigenvalue weighted by Gasteiger charge is -2.24. The van der Waals surface area contributed by atoms with Crippen LogP contribution < -0.4 is 19.6 Å². The summed E-state index contributed by atoms with van der Waals surface area (Å²) >= 11 is 7.33. The smallest absolute Gasteiger partial charge is 0.345 e. The highest BCUT2D eigenvalue weighted by Gasteiger charge is 2.33. The SMILES string of the molecule is CCOC(=O)C1=C(C)N=c2s/c(=C/c3ccc(OC(=O)c4ccccc4Cl)cc3)c(=O)n2[C@H]1c1ccccc1. The molecule has 0 bridgehead atoms. The summed E-state index contributed by atoms with van der Waals surface area (Å²) in [6.07, 6.45) is 1.74. The standard InChI is InChI=1S/C30H23ClN2O5S/c1-3-37-29(36)25-18(2)32-30-33(26(25)20-9-5-4-6-10-20)27(34)24(39-30)17-19-13-15-21(16-14-19)38-28(35)22-11-7-8-12-23(22)31/h4-17,26H,3H2,1-2H3/b24-17+/t26-/m0/s1. The summed E-state index contributed by atoms with van der Waals surface area (Å²) in [6.45, 7) is 3.71. The van der Waals surface area contributed by atoms with Crippen LogP contribution in [0, 0.1) is 0 Å². The summed E-state index contributed by atoms with van der Waals surface area (Å²) < 4.78 is 12.8. The van der Waals surface area contributed by atoms with Crippen LogP contribution >= 0.6 is 22.9 Å².